The van der Waals surface area contributed by atoms with Crippen LogP contribution < -0.4 is 5.32 Å². The second kappa shape index (κ2) is 9.08. The minimum atomic E-state index is -1.12. The summed E-state index contributed by atoms with van der Waals surface area (Å²) in [5.41, 5.74) is 1.77. The molecule has 0 saturated heterocycles. The zero-order valence-corrected chi connectivity index (χ0v) is 13.6. The predicted octanol–water partition coefficient (Wildman–Crippen LogP) is 2.79. The van der Waals surface area contributed by atoms with E-state index >= 15 is 0 Å². The molecule has 0 aliphatic rings. The lowest BCUT2D eigenvalue weighted by molar-refractivity contribution is -0.137. The number of nitriles is 1. The Bertz CT molecular complexity index is 702. The van der Waals surface area contributed by atoms with Gasteiger partial charge >= 0.3 is 12.0 Å². The van der Waals surface area contributed by atoms with Crippen LogP contribution in [0.1, 0.15) is 23.6 Å². The average Bonchev–Trinajstić information content (AvgIpc) is 2.64. The molecule has 6 nitrogen and oxygen atoms in total. The summed E-state index contributed by atoms with van der Waals surface area (Å²) in [6, 6.07) is 19.9. The van der Waals surface area contributed by atoms with E-state index in [9.17, 15) is 9.59 Å². The number of carbonyl (C=O) groups is 2. The lowest BCUT2D eigenvalue weighted by atomic mass is 9.99. The molecule has 128 valence electrons. The van der Waals surface area contributed by atoms with Crippen LogP contribution in [0, 0.1) is 11.3 Å². The minimum Gasteiger partial charge on any atom is -0.480 e. The summed E-state index contributed by atoms with van der Waals surface area (Å²) in [7, 11) is 0. The van der Waals surface area contributed by atoms with Gasteiger partial charge in [-0.3, -0.25) is 4.79 Å². The highest BCUT2D eigenvalue weighted by atomic mass is 16.4. The fourth-order valence-corrected chi connectivity index (χ4v) is 2.47. The Kier molecular flexibility index (Phi) is 6.55. The lowest BCUT2D eigenvalue weighted by Gasteiger charge is -2.25. The molecule has 0 aliphatic heterocycles. The van der Waals surface area contributed by atoms with E-state index in [2.05, 4.69) is 5.32 Å². The molecule has 0 saturated carbocycles. The number of nitrogens with one attached hydrogen (secondary N) is 1. The first kappa shape index (κ1) is 18.0. The van der Waals surface area contributed by atoms with Gasteiger partial charge in [-0.2, -0.15) is 5.26 Å². The van der Waals surface area contributed by atoms with Gasteiger partial charge in [0, 0.05) is 6.54 Å². The Morgan fingerprint density at radius 1 is 1.04 bits per heavy atom. The number of aliphatic carboxylic acids is 1. The highest BCUT2D eigenvalue weighted by molar-refractivity contribution is 5.80. The molecule has 2 N–H and O–H groups in total. The molecular formula is C19H19N3O3. The molecule has 2 rings (SSSR count). The first-order valence-corrected chi connectivity index (χ1v) is 7.86. The van der Waals surface area contributed by atoms with Gasteiger partial charge in [-0.1, -0.05) is 60.7 Å². The topological polar surface area (TPSA) is 93.4 Å². The van der Waals surface area contributed by atoms with E-state index in [0.717, 1.165) is 16.0 Å². The van der Waals surface area contributed by atoms with Crippen LogP contribution in [0.25, 0.3) is 0 Å². The van der Waals surface area contributed by atoms with Gasteiger partial charge < -0.3 is 15.3 Å². The van der Waals surface area contributed by atoms with Crippen LogP contribution in [0.5, 0.6) is 0 Å². The zero-order chi connectivity index (χ0) is 18.1. The fraction of sp³-hybridized carbons (Fsp3) is 0.211. The fourth-order valence-electron chi connectivity index (χ4n) is 2.47. The van der Waals surface area contributed by atoms with E-state index in [0.29, 0.717) is 0 Å². The highest BCUT2D eigenvalue weighted by Gasteiger charge is 2.22. The first-order valence-electron chi connectivity index (χ1n) is 7.86. The van der Waals surface area contributed by atoms with E-state index in [-0.39, 0.29) is 13.0 Å². The third kappa shape index (κ3) is 5.36. The van der Waals surface area contributed by atoms with Crippen LogP contribution in [-0.2, 0) is 4.79 Å². The molecule has 0 unspecified atom stereocenters. The van der Waals surface area contributed by atoms with E-state index in [4.69, 9.17) is 10.4 Å². The van der Waals surface area contributed by atoms with Gasteiger partial charge in [-0.25, -0.2) is 4.79 Å². The third-order valence-corrected chi connectivity index (χ3v) is 3.64. The molecule has 25 heavy (non-hydrogen) atoms. The molecule has 0 radical (unpaired) electrons. The molecule has 0 fully saturated rings. The molecular weight excluding hydrogens is 318 g/mol. The van der Waals surface area contributed by atoms with Crippen molar-refractivity contribution >= 4 is 12.0 Å². The van der Waals surface area contributed by atoms with Gasteiger partial charge in [0.15, 0.2) is 0 Å². The van der Waals surface area contributed by atoms with Crippen molar-refractivity contribution in [2.75, 3.05) is 13.1 Å². The number of amides is 2. The number of urea groups is 1. The van der Waals surface area contributed by atoms with Crippen LogP contribution in [0.15, 0.2) is 60.7 Å². The minimum absolute atomic E-state index is 0.0604. The Morgan fingerprint density at radius 3 is 2.00 bits per heavy atom. The molecule has 0 aromatic heterocycles. The Hall–Kier alpha value is -3.33. The molecule has 2 aromatic rings. The molecule has 0 atom stereocenters. The number of carboxylic acid groups (broad SMARTS) is 1. The van der Waals surface area contributed by atoms with Crippen molar-refractivity contribution < 1.29 is 14.7 Å². The van der Waals surface area contributed by atoms with E-state index < -0.39 is 24.6 Å². The summed E-state index contributed by atoms with van der Waals surface area (Å²) < 4.78 is 0. The standard InChI is InChI=1S/C19H19N3O3/c20-12-7-13-22(14-17(23)24)19(25)21-18(15-8-3-1-4-9-15)16-10-5-2-6-11-16/h1-6,8-11,18H,7,13-14H2,(H,21,25)(H,23,24). The van der Waals surface area contributed by atoms with Gasteiger partial charge in [0.2, 0.25) is 0 Å². The molecule has 0 heterocycles. The Labute approximate surface area is 146 Å². The van der Waals surface area contributed by atoms with Crippen molar-refractivity contribution in [1.29, 1.82) is 5.26 Å². The number of hydrogen-bond acceptors (Lipinski definition) is 3. The summed E-state index contributed by atoms with van der Waals surface area (Å²) in [6.45, 7) is -0.394. The number of hydrogen-bond donors (Lipinski definition) is 2. The van der Waals surface area contributed by atoms with Crippen LogP contribution in [-0.4, -0.2) is 35.1 Å². The lowest BCUT2D eigenvalue weighted by Crippen LogP contribution is -2.44. The summed E-state index contributed by atoms with van der Waals surface area (Å²) in [6.07, 6.45) is 0.0715. The average molecular weight is 337 g/mol. The Balaban J connectivity index is 2.24. The van der Waals surface area contributed by atoms with Crippen molar-refractivity contribution in [2.45, 2.75) is 12.5 Å². The molecule has 2 amide bonds. The summed E-state index contributed by atoms with van der Waals surface area (Å²) in [5, 5.41) is 20.6. The Morgan fingerprint density at radius 2 is 1.56 bits per heavy atom. The van der Waals surface area contributed by atoms with Crippen molar-refractivity contribution in [3.05, 3.63) is 71.8 Å². The monoisotopic (exact) mass is 337 g/mol. The number of carbonyl (C=O) groups excluding carboxylic acids is 1. The molecule has 2 aromatic carbocycles. The predicted molar refractivity (Wildman–Crippen MR) is 92.7 cm³/mol. The second-order valence-corrected chi connectivity index (χ2v) is 5.43. The van der Waals surface area contributed by atoms with Gasteiger partial charge in [0.05, 0.1) is 18.5 Å². The van der Waals surface area contributed by atoms with Gasteiger partial charge in [0.25, 0.3) is 0 Å². The smallest absolute Gasteiger partial charge is 0.323 e. The third-order valence-electron chi connectivity index (χ3n) is 3.64. The molecule has 0 spiro atoms. The molecule has 6 heteroatoms. The van der Waals surface area contributed by atoms with Crippen LogP contribution in [0.3, 0.4) is 0 Å². The van der Waals surface area contributed by atoms with Crippen molar-refractivity contribution in [3.8, 4) is 6.07 Å². The quantitative estimate of drug-likeness (QED) is 0.812. The van der Waals surface area contributed by atoms with Crippen molar-refractivity contribution in [1.82, 2.24) is 10.2 Å². The maximum Gasteiger partial charge on any atom is 0.323 e. The van der Waals surface area contributed by atoms with Crippen molar-refractivity contribution in [3.63, 3.8) is 0 Å². The molecule has 0 aliphatic carbocycles. The molecule has 0 bridgehead atoms. The van der Waals surface area contributed by atoms with E-state index in [1.165, 1.54) is 0 Å². The maximum atomic E-state index is 12.6. The van der Waals surface area contributed by atoms with Gasteiger partial charge in [-0.15, -0.1) is 0 Å². The van der Waals surface area contributed by atoms with Gasteiger partial charge in [0.1, 0.15) is 6.54 Å². The SMILES string of the molecule is N#CCCN(CC(=O)O)C(=O)NC(c1ccccc1)c1ccccc1. The zero-order valence-electron chi connectivity index (χ0n) is 13.6. The van der Waals surface area contributed by atoms with Crippen LogP contribution in [0.2, 0.25) is 0 Å². The highest BCUT2D eigenvalue weighted by Crippen LogP contribution is 2.22. The second-order valence-electron chi connectivity index (χ2n) is 5.43. The van der Waals surface area contributed by atoms with Crippen LogP contribution >= 0.6 is 0 Å². The summed E-state index contributed by atoms with van der Waals surface area (Å²) in [5.74, 6) is -1.12. The van der Waals surface area contributed by atoms with Crippen molar-refractivity contribution in [2.24, 2.45) is 0 Å². The first-order chi connectivity index (χ1) is 12.1. The summed E-state index contributed by atoms with van der Waals surface area (Å²) >= 11 is 0. The number of nitrogens with zero attached hydrogens (tertiary/aromatic N) is 2. The number of benzene rings is 2. The normalized spacial score (nSPS) is 10.1. The largest absolute Gasteiger partial charge is 0.480 e. The van der Waals surface area contributed by atoms with Crippen LogP contribution in [0.4, 0.5) is 4.79 Å². The summed E-state index contributed by atoms with van der Waals surface area (Å²) in [4.78, 5) is 24.7. The van der Waals surface area contributed by atoms with E-state index in [1.807, 2.05) is 66.7 Å². The van der Waals surface area contributed by atoms with E-state index in [1.54, 1.807) is 0 Å². The number of carboxylic acids is 1. The van der Waals surface area contributed by atoms with Gasteiger partial charge in [-0.05, 0) is 11.1 Å². The number of rotatable bonds is 7. The maximum absolute atomic E-state index is 12.6.